The molecule has 0 amide bonds. The summed E-state index contributed by atoms with van der Waals surface area (Å²) in [7, 11) is 3.10. The van der Waals surface area contributed by atoms with Crippen molar-refractivity contribution in [1.82, 2.24) is 9.55 Å². The number of carbonyl (C=O) groups is 1. The summed E-state index contributed by atoms with van der Waals surface area (Å²) in [6.07, 6.45) is 3.74. The molecule has 0 aliphatic carbocycles. The fourth-order valence-corrected chi connectivity index (χ4v) is 5.52. The van der Waals surface area contributed by atoms with Gasteiger partial charge in [-0.2, -0.15) is 0 Å². The first-order valence-corrected chi connectivity index (χ1v) is 12.3. The van der Waals surface area contributed by atoms with Crippen LogP contribution in [-0.4, -0.2) is 36.3 Å². The number of aromatic nitrogens is 2. The van der Waals surface area contributed by atoms with Crippen molar-refractivity contribution in [2.24, 2.45) is 4.99 Å². The fraction of sp³-hybridized carbons (Fsp3) is 0.222. The maximum atomic E-state index is 13.8. The number of hydrogen-bond acceptors (Lipinski definition) is 7. The third-order valence-electron chi connectivity index (χ3n) is 6.15. The van der Waals surface area contributed by atoms with Crippen LogP contribution in [0.3, 0.4) is 0 Å². The Hall–Kier alpha value is -4.11. The van der Waals surface area contributed by atoms with Gasteiger partial charge in [0.2, 0.25) is 0 Å². The summed E-state index contributed by atoms with van der Waals surface area (Å²) in [5.41, 5.74) is 3.16. The molecule has 36 heavy (non-hydrogen) atoms. The van der Waals surface area contributed by atoms with Crippen LogP contribution < -0.4 is 24.4 Å². The van der Waals surface area contributed by atoms with E-state index in [0.29, 0.717) is 37.7 Å². The standard InChI is InChI=1S/C27H25N3O5S/c1-5-35-26(32)23-15(2)29-27-30(24(23)16-10-11-20(33-3)21(12-16)34-4)25(31)22(36-27)13-17-14-28-19-9-7-6-8-18(17)19/h6-14,24,28H,5H2,1-4H3/b22-13-. The number of H-pyrrole nitrogens is 1. The molecule has 1 N–H and O–H groups in total. The Morgan fingerprint density at radius 2 is 1.94 bits per heavy atom. The van der Waals surface area contributed by atoms with Gasteiger partial charge in [0.1, 0.15) is 0 Å². The van der Waals surface area contributed by atoms with E-state index in [4.69, 9.17) is 14.2 Å². The molecule has 0 fully saturated rings. The molecule has 5 rings (SSSR count). The maximum Gasteiger partial charge on any atom is 0.338 e. The van der Waals surface area contributed by atoms with Gasteiger partial charge in [-0.25, -0.2) is 9.79 Å². The van der Waals surface area contributed by atoms with Crippen LogP contribution in [0.25, 0.3) is 17.0 Å². The molecule has 0 spiro atoms. The Bertz CT molecular complexity index is 1690. The monoisotopic (exact) mass is 503 g/mol. The number of aromatic amines is 1. The number of nitrogens with zero attached hydrogens (tertiary/aromatic N) is 2. The van der Waals surface area contributed by atoms with Crippen molar-refractivity contribution in [2.75, 3.05) is 20.8 Å². The molecule has 0 saturated carbocycles. The zero-order chi connectivity index (χ0) is 25.4. The Labute approximate surface area is 210 Å². The van der Waals surface area contributed by atoms with E-state index in [1.807, 2.05) is 42.6 Å². The number of methoxy groups -OCH3 is 2. The van der Waals surface area contributed by atoms with Crippen molar-refractivity contribution in [2.45, 2.75) is 19.9 Å². The van der Waals surface area contributed by atoms with Gasteiger partial charge in [0.25, 0.3) is 5.56 Å². The Morgan fingerprint density at radius 1 is 1.17 bits per heavy atom. The van der Waals surface area contributed by atoms with E-state index in [-0.39, 0.29) is 12.2 Å². The highest BCUT2D eigenvalue weighted by molar-refractivity contribution is 7.07. The molecular formula is C27H25N3O5S. The summed E-state index contributed by atoms with van der Waals surface area (Å²) in [6, 6.07) is 12.5. The number of nitrogens with one attached hydrogen (secondary N) is 1. The topological polar surface area (TPSA) is 94.9 Å². The molecule has 0 radical (unpaired) electrons. The van der Waals surface area contributed by atoms with Gasteiger partial charge < -0.3 is 19.2 Å². The minimum atomic E-state index is -0.731. The average Bonchev–Trinajstić information content (AvgIpc) is 3.43. The molecule has 1 atom stereocenters. The lowest BCUT2D eigenvalue weighted by Gasteiger charge is -2.25. The van der Waals surface area contributed by atoms with Crippen molar-refractivity contribution < 1.29 is 19.0 Å². The van der Waals surface area contributed by atoms with Gasteiger partial charge in [0.05, 0.1) is 42.7 Å². The second kappa shape index (κ2) is 9.50. The number of fused-ring (bicyclic) bond motifs is 2. The first kappa shape index (κ1) is 23.6. The minimum absolute atomic E-state index is 0.208. The molecule has 0 bridgehead atoms. The molecule has 0 saturated heterocycles. The molecule has 8 nitrogen and oxygen atoms in total. The Kier molecular flexibility index (Phi) is 6.24. The zero-order valence-corrected chi connectivity index (χ0v) is 21.1. The number of rotatable bonds is 6. The number of para-hydroxylation sites is 1. The second-order valence-electron chi connectivity index (χ2n) is 8.21. The van der Waals surface area contributed by atoms with Crippen LogP contribution in [0.1, 0.15) is 31.0 Å². The van der Waals surface area contributed by atoms with Gasteiger partial charge in [-0.1, -0.05) is 35.6 Å². The van der Waals surface area contributed by atoms with Crippen LogP contribution in [0.4, 0.5) is 0 Å². The van der Waals surface area contributed by atoms with Crippen LogP contribution in [0.2, 0.25) is 0 Å². The van der Waals surface area contributed by atoms with Gasteiger partial charge in [-0.15, -0.1) is 0 Å². The minimum Gasteiger partial charge on any atom is -0.493 e. The number of hydrogen-bond donors (Lipinski definition) is 1. The Balaban J connectivity index is 1.75. The number of carbonyl (C=O) groups excluding carboxylic acids is 1. The third kappa shape index (κ3) is 3.91. The molecule has 1 unspecified atom stereocenters. The lowest BCUT2D eigenvalue weighted by atomic mass is 9.95. The molecule has 2 aromatic carbocycles. The molecular weight excluding hydrogens is 478 g/mol. The number of esters is 1. The average molecular weight is 504 g/mol. The van der Waals surface area contributed by atoms with Gasteiger partial charge in [-0.3, -0.25) is 9.36 Å². The summed E-state index contributed by atoms with van der Waals surface area (Å²) in [5, 5.41) is 1.02. The van der Waals surface area contributed by atoms with Crippen LogP contribution in [0.5, 0.6) is 11.5 Å². The summed E-state index contributed by atoms with van der Waals surface area (Å²) >= 11 is 1.29. The van der Waals surface area contributed by atoms with Crippen LogP contribution in [-0.2, 0) is 9.53 Å². The molecule has 2 aromatic heterocycles. The molecule has 4 aromatic rings. The molecule has 3 heterocycles. The quantitative estimate of drug-likeness (QED) is 0.408. The van der Waals surface area contributed by atoms with E-state index in [9.17, 15) is 9.59 Å². The number of benzene rings is 2. The highest BCUT2D eigenvalue weighted by atomic mass is 32.1. The summed E-state index contributed by atoms with van der Waals surface area (Å²) < 4.78 is 18.3. The molecule has 1 aliphatic rings. The van der Waals surface area contributed by atoms with E-state index < -0.39 is 12.0 Å². The molecule has 9 heteroatoms. The maximum absolute atomic E-state index is 13.8. The smallest absolute Gasteiger partial charge is 0.338 e. The normalized spacial score (nSPS) is 15.6. The van der Waals surface area contributed by atoms with Crippen molar-refractivity contribution in [3.63, 3.8) is 0 Å². The summed E-state index contributed by atoms with van der Waals surface area (Å²) in [4.78, 5) is 35.3. The fourth-order valence-electron chi connectivity index (χ4n) is 4.48. The first-order chi connectivity index (χ1) is 17.5. The number of allylic oxidation sites excluding steroid dienone is 1. The van der Waals surface area contributed by atoms with Crippen LogP contribution in [0, 0.1) is 0 Å². The SMILES string of the molecule is CCOC(=O)C1=C(C)N=c2s/c(=C\c3c[nH]c4ccccc34)c(=O)n2C1c1ccc(OC)c(OC)c1. The van der Waals surface area contributed by atoms with Gasteiger partial charge in [-0.05, 0) is 43.7 Å². The molecule has 184 valence electrons. The largest absolute Gasteiger partial charge is 0.493 e. The zero-order valence-electron chi connectivity index (χ0n) is 20.3. The third-order valence-corrected chi connectivity index (χ3v) is 7.13. The highest BCUT2D eigenvalue weighted by Gasteiger charge is 2.34. The lowest BCUT2D eigenvalue weighted by molar-refractivity contribution is -0.139. The predicted octanol–water partition coefficient (Wildman–Crippen LogP) is 3.30. The first-order valence-electron chi connectivity index (χ1n) is 11.4. The van der Waals surface area contributed by atoms with E-state index in [2.05, 4.69) is 9.98 Å². The molecule has 1 aliphatic heterocycles. The van der Waals surface area contributed by atoms with E-state index >= 15 is 0 Å². The van der Waals surface area contributed by atoms with Crippen molar-refractivity contribution in [3.05, 3.63) is 90.7 Å². The van der Waals surface area contributed by atoms with E-state index in [0.717, 1.165) is 16.5 Å². The lowest BCUT2D eigenvalue weighted by Crippen LogP contribution is -2.39. The van der Waals surface area contributed by atoms with Gasteiger partial charge in [0.15, 0.2) is 16.3 Å². The predicted molar refractivity (Wildman–Crippen MR) is 138 cm³/mol. The van der Waals surface area contributed by atoms with Crippen molar-refractivity contribution in [3.8, 4) is 11.5 Å². The van der Waals surface area contributed by atoms with Crippen LogP contribution in [0.15, 0.2) is 69.7 Å². The van der Waals surface area contributed by atoms with Crippen LogP contribution >= 0.6 is 11.3 Å². The Morgan fingerprint density at radius 3 is 2.69 bits per heavy atom. The van der Waals surface area contributed by atoms with E-state index in [1.165, 1.54) is 11.3 Å². The van der Waals surface area contributed by atoms with Gasteiger partial charge >= 0.3 is 5.97 Å². The number of ether oxygens (including phenoxy) is 3. The van der Waals surface area contributed by atoms with E-state index in [1.54, 1.807) is 44.8 Å². The van der Waals surface area contributed by atoms with Crippen molar-refractivity contribution in [1.29, 1.82) is 0 Å². The summed E-state index contributed by atoms with van der Waals surface area (Å²) in [5.74, 6) is 0.532. The summed E-state index contributed by atoms with van der Waals surface area (Å²) in [6.45, 7) is 3.71. The highest BCUT2D eigenvalue weighted by Crippen LogP contribution is 2.36. The number of thiazole rings is 1. The van der Waals surface area contributed by atoms with Crippen molar-refractivity contribution >= 4 is 34.3 Å². The van der Waals surface area contributed by atoms with Gasteiger partial charge in [0, 0.05) is 22.7 Å². The second-order valence-corrected chi connectivity index (χ2v) is 9.22.